The first-order valence-corrected chi connectivity index (χ1v) is 8.41. The Balaban J connectivity index is 2.79. The van der Waals surface area contributed by atoms with E-state index in [-0.39, 0.29) is 16.8 Å². The van der Waals surface area contributed by atoms with E-state index in [1.807, 2.05) is 13.8 Å². The van der Waals surface area contributed by atoms with Gasteiger partial charge < -0.3 is 11.1 Å². The number of amides is 1. The highest BCUT2D eigenvalue weighted by Crippen LogP contribution is 2.14. The molecule has 7 heteroatoms. The summed E-state index contributed by atoms with van der Waals surface area (Å²) in [5.41, 5.74) is 6.57. The van der Waals surface area contributed by atoms with Crippen molar-refractivity contribution in [3.8, 4) is 0 Å². The highest BCUT2D eigenvalue weighted by atomic mass is 32.2. The Morgan fingerprint density at radius 1 is 1.24 bits per heavy atom. The van der Waals surface area contributed by atoms with Crippen molar-refractivity contribution in [3.05, 3.63) is 29.8 Å². The van der Waals surface area contributed by atoms with E-state index >= 15 is 0 Å². The van der Waals surface area contributed by atoms with Crippen LogP contribution in [-0.2, 0) is 14.8 Å². The number of rotatable bonds is 7. The summed E-state index contributed by atoms with van der Waals surface area (Å²) < 4.78 is 26.7. The van der Waals surface area contributed by atoms with Gasteiger partial charge in [-0.2, -0.15) is 4.72 Å². The fourth-order valence-electron chi connectivity index (χ4n) is 1.71. The van der Waals surface area contributed by atoms with Crippen LogP contribution >= 0.6 is 0 Å². The number of nitrogens with one attached hydrogen (secondary N) is 2. The third-order valence-electron chi connectivity index (χ3n) is 2.99. The SMILES string of the molecule is CCCNC(=O)C(C)NS(=O)(=O)c1ccc(C(C)N)cc1. The fraction of sp³-hybridized carbons (Fsp3) is 0.500. The Morgan fingerprint density at radius 2 is 1.81 bits per heavy atom. The van der Waals surface area contributed by atoms with Gasteiger partial charge in [0.1, 0.15) is 0 Å². The average molecular weight is 313 g/mol. The molecule has 1 aromatic rings. The van der Waals surface area contributed by atoms with Gasteiger partial charge in [0.2, 0.25) is 15.9 Å². The zero-order valence-corrected chi connectivity index (χ0v) is 13.4. The van der Waals surface area contributed by atoms with Crippen molar-refractivity contribution in [2.24, 2.45) is 5.73 Å². The summed E-state index contributed by atoms with van der Waals surface area (Å²) in [6, 6.07) is 5.32. The third-order valence-corrected chi connectivity index (χ3v) is 4.55. The van der Waals surface area contributed by atoms with Gasteiger partial charge >= 0.3 is 0 Å². The van der Waals surface area contributed by atoms with E-state index < -0.39 is 16.1 Å². The second-order valence-electron chi connectivity index (χ2n) is 4.99. The number of sulfonamides is 1. The van der Waals surface area contributed by atoms with Gasteiger partial charge in [-0.3, -0.25) is 4.79 Å². The van der Waals surface area contributed by atoms with Crippen LogP contribution in [0.3, 0.4) is 0 Å². The molecule has 1 amide bonds. The molecule has 0 spiro atoms. The van der Waals surface area contributed by atoms with Crippen LogP contribution in [0.2, 0.25) is 0 Å². The molecule has 0 saturated carbocycles. The van der Waals surface area contributed by atoms with Gasteiger partial charge in [0.05, 0.1) is 10.9 Å². The van der Waals surface area contributed by atoms with Crippen LogP contribution in [0.5, 0.6) is 0 Å². The zero-order valence-electron chi connectivity index (χ0n) is 12.6. The standard InChI is InChI=1S/C14H23N3O3S/c1-4-9-16-14(18)11(3)17-21(19,20)13-7-5-12(6-8-13)10(2)15/h5-8,10-11,17H,4,9,15H2,1-3H3,(H,16,18). The first-order valence-electron chi connectivity index (χ1n) is 6.93. The van der Waals surface area contributed by atoms with Gasteiger partial charge in [-0.15, -0.1) is 0 Å². The molecule has 2 unspecified atom stereocenters. The van der Waals surface area contributed by atoms with Gasteiger partial charge in [0, 0.05) is 12.6 Å². The van der Waals surface area contributed by atoms with Crippen LogP contribution in [0.25, 0.3) is 0 Å². The molecule has 0 radical (unpaired) electrons. The second-order valence-corrected chi connectivity index (χ2v) is 6.71. The largest absolute Gasteiger partial charge is 0.355 e. The predicted molar refractivity (Wildman–Crippen MR) is 82.1 cm³/mol. The molecule has 1 aromatic carbocycles. The molecule has 0 fully saturated rings. The lowest BCUT2D eigenvalue weighted by atomic mass is 10.1. The molecular formula is C14H23N3O3S. The first kappa shape index (κ1) is 17.6. The summed E-state index contributed by atoms with van der Waals surface area (Å²) in [6.07, 6.45) is 0.796. The van der Waals surface area contributed by atoms with Crippen molar-refractivity contribution in [1.82, 2.24) is 10.0 Å². The Kier molecular flexibility index (Phi) is 6.32. The van der Waals surface area contributed by atoms with Crippen LogP contribution < -0.4 is 15.8 Å². The second kappa shape index (κ2) is 7.53. The number of carbonyl (C=O) groups excluding carboxylic acids is 1. The summed E-state index contributed by atoms with van der Waals surface area (Å²) in [4.78, 5) is 11.8. The van der Waals surface area contributed by atoms with Crippen molar-refractivity contribution < 1.29 is 13.2 Å². The van der Waals surface area contributed by atoms with Gasteiger partial charge in [-0.25, -0.2) is 8.42 Å². The van der Waals surface area contributed by atoms with E-state index in [4.69, 9.17) is 5.73 Å². The lowest BCUT2D eigenvalue weighted by Gasteiger charge is -2.14. The van der Waals surface area contributed by atoms with Gasteiger partial charge in [0.25, 0.3) is 0 Å². The molecule has 0 heterocycles. The van der Waals surface area contributed by atoms with Crippen molar-refractivity contribution in [2.75, 3.05) is 6.54 Å². The van der Waals surface area contributed by atoms with Crippen LogP contribution in [0, 0.1) is 0 Å². The van der Waals surface area contributed by atoms with Crippen LogP contribution in [0.15, 0.2) is 29.2 Å². The maximum Gasteiger partial charge on any atom is 0.241 e. The molecule has 118 valence electrons. The summed E-state index contributed by atoms with van der Waals surface area (Å²) >= 11 is 0. The molecule has 1 rings (SSSR count). The molecule has 0 saturated heterocycles. The summed E-state index contributed by atoms with van der Waals surface area (Å²) in [7, 11) is -3.72. The average Bonchev–Trinajstić information content (AvgIpc) is 2.44. The quantitative estimate of drug-likeness (QED) is 0.696. The monoisotopic (exact) mass is 313 g/mol. The minimum atomic E-state index is -3.72. The number of hydrogen-bond acceptors (Lipinski definition) is 4. The van der Waals surface area contributed by atoms with E-state index in [1.54, 1.807) is 12.1 Å². The summed E-state index contributed by atoms with van der Waals surface area (Å²) in [6.45, 7) is 5.78. The molecule has 0 bridgehead atoms. The zero-order chi connectivity index (χ0) is 16.0. The summed E-state index contributed by atoms with van der Waals surface area (Å²) in [5.74, 6) is -0.340. The number of hydrogen-bond donors (Lipinski definition) is 3. The number of benzene rings is 1. The van der Waals surface area contributed by atoms with Crippen LogP contribution in [0.1, 0.15) is 38.8 Å². The minimum absolute atomic E-state index is 0.113. The maximum atomic E-state index is 12.2. The highest BCUT2D eigenvalue weighted by molar-refractivity contribution is 7.89. The molecular weight excluding hydrogens is 290 g/mol. The van der Waals surface area contributed by atoms with E-state index in [9.17, 15) is 13.2 Å². The van der Waals surface area contributed by atoms with E-state index in [0.717, 1.165) is 12.0 Å². The number of nitrogens with two attached hydrogens (primary N) is 1. The lowest BCUT2D eigenvalue weighted by molar-refractivity contribution is -0.122. The van der Waals surface area contributed by atoms with Gasteiger partial charge in [-0.05, 0) is 38.0 Å². The topological polar surface area (TPSA) is 101 Å². The normalized spacial score (nSPS) is 14.5. The molecule has 0 aliphatic rings. The predicted octanol–water partition coefficient (Wildman–Crippen LogP) is 0.899. The third kappa shape index (κ3) is 5.11. The molecule has 0 aliphatic carbocycles. The fourth-order valence-corrected chi connectivity index (χ4v) is 2.91. The Bertz CT molecular complexity index is 568. The Hall–Kier alpha value is -1.44. The minimum Gasteiger partial charge on any atom is -0.355 e. The van der Waals surface area contributed by atoms with Crippen molar-refractivity contribution >= 4 is 15.9 Å². The molecule has 6 nitrogen and oxygen atoms in total. The summed E-state index contributed by atoms with van der Waals surface area (Å²) in [5, 5.41) is 2.65. The molecule has 4 N–H and O–H groups in total. The molecule has 0 aromatic heterocycles. The number of carbonyl (C=O) groups is 1. The van der Waals surface area contributed by atoms with E-state index in [1.165, 1.54) is 19.1 Å². The lowest BCUT2D eigenvalue weighted by Crippen LogP contribution is -2.44. The van der Waals surface area contributed by atoms with E-state index in [0.29, 0.717) is 6.54 Å². The maximum absolute atomic E-state index is 12.2. The smallest absolute Gasteiger partial charge is 0.241 e. The molecule has 2 atom stereocenters. The van der Waals surface area contributed by atoms with Crippen molar-refractivity contribution in [2.45, 2.75) is 44.2 Å². The van der Waals surface area contributed by atoms with Crippen LogP contribution in [-0.4, -0.2) is 26.9 Å². The highest BCUT2D eigenvalue weighted by Gasteiger charge is 2.21. The van der Waals surface area contributed by atoms with Crippen LogP contribution in [0.4, 0.5) is 0 Å². The van der Waals surface area contributed by atoms with Crippen molar-refractivity contribution in [1.29, 1.82) is 0 Å². The first-order chi connectivity index (χ1) is 9.77. The van der Waals surface area contributed by atoms with Gasteiger partial charge in [-0.1, -0.05) is 19.1 Å². The Labute approximate surface area is 126 Å². The van der Waals surface area contributed by atoms with Gasteiger partial charge in [0.15, 0.2) is 0 Å². The molecule has 0 aliphatic heterocycles. The van der Waals surface area contributed by atoms with Crippen molar-refractivity contribution in [3.63, 3.8) is 0 Å². The molecule has 21 heavy (non-hydrogen) atoms. The Morgan fingerprint density at radius 3 is 2.29 bits per heavy atom. The van der Waals surface area contributed by atoms with E-state index in [2.05, 4.69) is 10.0 Å².